The molecule has 3 aromatic carbocycles. The Kier molecular flexibility index (Phi) is 5.92. The number of benzene rings is 3. The predicted octanol–water partition coefficient (Wildman–Crippen LogP) is 5.77. The summed E-state index contributed by atoms with van der Waals surface area (Å²) < 4.78 is 5.42. The van der Waals surface area contributed by atoms with Gasteiger partial charge < -0.3 is 10.1 Å². The minimum Gasteiger partial charge on any atom is -0.495 e. The highest BCUT2D eigenvalue weighted by molar-refractivity contribution is 6.30. The second kappa shape index (κ2) is 8.54. The molecular weight excluding hydrogens is 346 g/mol. The van der Waals surface area contributed by atoms with E-state index in [1.807, 2.05) is 78.9 Å². The summed E-state index contributed by atoms with van der Waals surface area (Å²) in [6, 6.07) is 24.3. The smallest absolute Gasteiger partial charge is 0.165 e. The van der Waals surface area contributed by atoms with Gasteiger partial charge in [0.15, 0.2) is 5.78 Å². The lowest BCUT2D eigenvalue weighted by atomic mass is 9.97. The third-order valence-electron chi connectivity index (χ3n) is 4.19. The number of anilines is 1. The number of hydrogen-bond donors (Lipinski definition) is 1. The van der Waals surface area contributed by atoms with Crippen molar-refractivity contribution in [2.45, 2.75) is 12.5 Å². The van der Waals surface area contributed by atoms with Crippen molar-refractivity contribution < 1.29 is 9.53 Å². The highest BCUT2D eigenvalue weighted by Crippen LogP contribution is 2.30. The van der Waals surface area contributed by atoms with E-state index in [0.717, 1.165) is 17.0 Å². The molecule has 0 saturated heterocycles. The van der Waals surface area contributed by atoms with Crippen LogP contribution < -0.4 is 10.1 Å². The molecule has 1 atom stereocenters. The topological polar surface area (TPSA) is 38.3 Å². The number of hydrogen-bond acceptors (Lipinski definition) is 3. The molecule has 0 aliphatic heterocycles. The largest absolute Gasteiger partial charge is 0.495 e. The highest BCUT2D eigenvalue weighted by atomic mass is 35.5. The third-order valence-corrected chi connectivity index (χ3v) is 4.45. The zero-order valence-electron chi connectivity index (χ0n) is 14.5. The average Bonchev–Trinajstić information content (AvgIpc) is 2.69. The van der Waals surface area contributed by atoms with E-state index < -0.39 is 0 Å². The van der Waals surface area contributed by atoms with Crippen LogP contribution in [-0.2, 0) is 0 Å². The van der Waals surface area contributed by atoms with E-state index in [2.05, 4.69) is 5.32 Å². The Bertz CT molecular complexity index is 863. The lowest BCUT2D eigenvalue weighted by molar-refractivity contribution is 0.0976. The summed E-state index contributed by atoms with van der Waals surface area (Å²) in [7, 11) is 1.63. The van der Waals surface area contributed by atoms with Crippen LogP contribution in [0.25, 0.3) is 0 Å². The number of ether oxygens (including phenoxy) is 1. The van der Waals surface area contributed by atoms with Gasteiger partial charge in [0, 0.05) is 17.0 Å². The van der Waals surface area contributed by atoms with Gasteiger partial charge in [0.05, 0.1) is 18.8 Å². The number of ketones is 1. The van der Waals surface area contributed by atoms with E-state index in [1.54, 1.807) is 7.11 Å². The molecule has 0 saturated carbocycles. The van der Waals surface area contributed by atoms with Crippen molar-refractivity contribution in [2.75, 3.05) is 12.4 Å². The first kappa shape index (κ1) is 18.0. The molecule has 4 heteroatoms. The number of rotatable bonds is 7. The van der Waals surface area contributed by atoms with Crippen molar-refractivity contribution in [3.63, 3.8) is 0 Å². The summed E-state index contributed by atoms with van der Waals surface area (Å²) in [5.41, 5.74) is 2.54. The molecule has 0 heterocycles. The Morgan fingerprint density at radius 1 is 0.962 bits per heavy atom. The number of halogens is 1. The molecule has 0 spiro atoms. The molecule has 0 aromatic heterocycles. The molecule has 3 aromatic rings. The Balaban J connectivity index is 1.89. The van der Waals surface area contributed by atoms with Crippen LogP contribution >= 0.6 is 11.6 Å². The van der Waals surface area contributed by atoms with Crippen LogP contribution in [0.2, 0.25) is 5.02 Å². The molecule has 0 amide bonds. The minimum absolute atomic E-state index is 0.0768. The highest BCUT2D eigenvalue weighted by Gasteiger charge is 2.18. The van der Waals surface area contributed by atoms with Crippen molar-refractivity contribution in [1.29, 1.82) is 0 Å². The van der Waals surface area contributed by atoms with Gasteiger partial charge in [-0.05, 0) is 29.8 Å². The summed E-state index contributed by atoms with van der Waals surface area (Å²) in [4.78, 5) is 12.7. The molecule has 0 radical (unpaired) electrons. The molecule has 0 bridgehead atoms. The molecule has 0 unspecified atom stereocenters. The van der Waals surface area contributed by atoms with E-state index in [1.165, 1.54) is 0 Å². The van der Waals surface area contributed by atoms with Gasteiger partial charge in [-0.3, -0.25) is 4.79 Å². The lowest BCUT2D eigenvalue weighted by Crippen LogP contribution is -2.16. The molecule has 1 N–H and O–H groups in total. The average molecular weight is 366 g/mol. The molecule has 0 fully saturated rings. The van der Waals surface area contributed by atoms with Gasteiger partial charge in [-0.25, -0.2) is 0 Å². The quantitative estimate of drug-likeness (QED) is 0.540. The van der Waals surface area contributed by atoms with Gasteiger partial charge in [0.25, 0.3) is 0 Å². The third kappa shape index (κ3) is 4.44. The molecular formula is C22H20ClNO2. The first-order valence-corrected chi connectivity index (χ1v) is 8.78. The van der Waals surface area contributed by atoms with Gasteiger partial charge >= 0.3 is 0 Å². The van der Waals surface area contributed by atoms with Gasteiger partial charge in [-0.2, -0.15) is 0 Å². The van der Waals surface area contributed by atoms with Crippen molar-refractivity contribution in [2.24, 2.45) is 0 Å². The van der Waals surface area contributed by atoms with Gasteiger partial charge in [-0.1, -0.05) is 66.2 Å². The summed E-state index contributed by atoms with van der Waals surface area (Å²) in [6.07, 6.45) is 0.323. The van der Waals surface area contributed by atoms with Crippen molar-refractivity contribution >= 4 is 23.1 Å². The number of nitrogens with one attached hydrogen (secondary N) is 1. The van der Waals surface area contributed by atoms with E-state index in [-0.39, 0.29) is 11.8 Å². The van der Waals surface area contributed by atoms with E-state index in [4.69, 9.17) is 16.3 Å². The maximum Gasteiger partial charge on any atom is 0.165 e. The first-order chi connectivity index (χ1) is 12.7. The number of methoxy groups -OCH3 is 1. The zero-order chi connectivity index (χ0) is 18.4. The molecule has 132 valence electrons. The Morgan fingerprint density at radius 3 is 2.31 bits per heavy atom. The summed E-state index contributed by atoms with van der Waals surface area (Å²) in [5, 5.41) is 4.11. The van der Waals surface area contributed by atoms with E-state index >= 15 is 0 Å². The van der Waals surface area contributed by atoms with Gasteiger partial charge in [0.1, 0.15) is 5.75 Å². The first-order valence-electron chi connectivity index (χ1n) is 8.40. The second-order valence-corrected chi connectivity index (χ2v) is 6.38. The van der Waals surface area contributed by atoms with Crippen LogP contribution in [0.3, 0.4) is 0 Å². The van der Waals surface area contributed by atoms with Gasteiger partial charge in [-0.15, -0.1) is 0 Å². The van der Waals surface area contributed by atoms with Crippen LogP contribution in [0.15, 0.2) is 78.9 Å². The number of carbonyl (C=O) groups is 1. The van der Waals surface area contributed by atoms with Crippen LogP contribution in [0, 0.1) is 0 Å². The molecule has 0 aliphatic rings. The molecule has 3 rings (SSSR count). The van der Waals surface area contributed by atoms with Crippen LogP contribution in [0.5, 0.6) is 5.75 Å². The Hall–Kier alpha value is -2.78. The van der Waals surface area contributed by atoms with Crippen LogP contribution in [0.4, 0.5) is 5.69 Å². The van der Waals surface area contributed by atoms with E-state index in [0.29, 0.717) is 17.0 Å². The zero-order valence-corrected chi connectivity index (χ0v) is 15.2. The monoisotopic (exact) mass is 365 g/mol. The maximum atomic E-state index is 12.7. The number of carbonyl (C=O) groups excluding carboxylic acids is 1. The predicted molar refractivity (Wildman–Crippen MR) is 106 cm³/mol. The van der Waals surface area contributed by atoms with Crippen molar-refractivity contribution in [3.8, 4) is 5.75 Å². The standard InChI is InChI=1S/C22H20ClNO2/c1-26-22-10-6-5-9-19(22)24-20(16-11-13-18(23)14-12-16)15-21(25)17-7-3-2-4-8-17/h2-14,20,24H,15H2,1H3/t20-/m1/s1. The van der Waals surface area contributed by atoms with Crippen LogP contribution in [-0.4, -0.2) is 12.9 Å². The summed E-state index contributed by atoms with van der Waals surface area (Å²) >= 11 is 6.02. The maximum absolute atomic E-state index is 12.7. The fourth-order valence-electron chi connectivity index (χ4n) is 2.83. The van der Waals surface area contributed by atoms with E-state index in [9.17, 15) is 4.79 Å². The Labute approximate surface area is 158 Å². The minimum atomic E-state index is -0.198. The van der Waals surface area contributed by atoms with Gasteiger partial charge in [0.2, 0.25) is 0 Å². The normalized spacial score (nSPS) is 11.6. The Morgan fingerprint density at radius 2 is 1.62 bits per heavy atom. The molecule has 0 aliphatic carbocycles. The summed E-state index contributed by atoms with van der Waals surface area (Å²) in [5.74, 6) is 0.812. The molecule has 26 heavy (non-hydrogen) atoms. The second-order valence-electron chi connectivity index (χ2n) is 5.94. The fraction of sp³-hybridized carbons (Fsp3) is 0.136. The van der Waals surface area contributed by atoms with Crippen LogP contribution in [0.1, 0.15) is 28.4 Å². The molecule has 3 nitrogen and oxygen atoms in total. The number of para-hydroxylation sites is 2. The number of Topliss-reactive ketones (excluding diaryl/α,β-unsaturated/α-hetero) is 1. The lowest BCUT2D eigenvalue weighted by Gasteiger charge is -2.21. The van der Waals surface area contributed by atoms with Crippen molar-refractivity contribution in [1.82, 2.24) is 0 Å². The summed E-state index contributed by atoms with van der Waals surface area (Å²) in [6.45, 7) is 0. The van der Waals surface area contributed by atoms with Crippen molar-refractivity contribution in [3.05, 3.63) is 95.0 Å². The fourth-order valence-corrected chi connectivity index (χ4v) is 2.95. The SMILES string of the molecule is COc1ccccc1N[C@H](CC(=O)c1ccccc1)c1ccc(Cl)cc1.